The molecule has 30 heavy (non-hydrogen) atoms. The third kappa shape index (κ3) is 6.54. The fourth-order valence-corrected chi connectivity index (χ4v) is 3.30. The van der Waals surface area contributed by atoms with Crippen molar-refractivity contribution in [2.24, 2.45) is 5.14 Å². The largest absolute Gasteiger partial charge is 0.348 e. The lowest BCUT2D eigenvalue weighted by atomic mass is 10.0. The SMILES string of the molecule is C=S(N)(=O)c1ccc(-c2ccc(C(CCF)OC(C)(C)NC(=O)C(F)F)cc2)cn1. The van der Waals surface area contributed by atoms with E-state index in [4.69, 9.17) is 9.88 Å². The van der Waals surface area contributed by atoms with Crippen molar-refractivity contribution in [3.05, 3.63) is 48.2 Å². The van der Waals surface area contributed by atoms with E-state index in [2.05, 4.69) is 16.2 Å². The van der Waals surface area contributed by atoms with Gasteiger partial charge in [0.05, 0.1) is 22.5 Å². The zero-order valence-electron chi connectivity index (χ0n) is 16.6. The Morgan fingerprint density at radius 2 is 1.83 bits per heavy atom. The second-order valence-corrected chi connectivity index (χ2v) is 8.99. The molecule has 0 bridgehead atoms. The number of hydrogen-bond donors (Lipinski definition) is 2. The minimum Gasteiger partial charge on any atom is -0.348 e. The Morgan fingerprint density at radius 1 is 1.23 bits per heavy atom. The first-order valence-electron chi connectivity index (χ1n) is 8.98. The molecule has 2 rings (SSSR count). The van der Waals surface area contributed by atoms with Crippen molar-refractivity contribution < 1.29 is 26.9 Å². The highest BCUT2D eigenvalue weighted by atomic mass is 32.2. The smallest absolute Gasteiger partial charge is 0.315 e. The first-order valence-corrected chi connectivity index (χ1v) is 10.8. The number of hydrogen-bond acceptors (Lipinski definition) is 4. The van der Waals surface area contributed by atoms with Crippen LogP contribution in [-0.4, -0.2) is 39.8 Å². The van der Waals surface area contributed by atoms with Crippen LogP contribution in [-0.2, 0) is 19.2 Å². The fraction of sp³-hybridized carbons (Fsp3) is 0.350. The van der Waals surface area contributed by atoms with Gasteiger partial charge in [-0.15, -0.1) is 0 Å². The third-order valence-corrected chi connectivity index (χ3v) is 5.09. The predicted octanol–water partition coefficient (Wildman–Crippen LogP) is 3.23. The number of alkyl halides is 3. The summed E-state index contributed by atoms with van der Waals surface area (Å²) in [4.78, 5) is 15.3. The number of carbonyl (C=O) groups excluding carboxylic acids is 1. The average molecular weight is 443 g/mol. The number of halogens is 3. The summed E-state index contributed by atoms with van der Waals surface area (Å²) < 4.78 is 55.5. The van der Waals surface area contributed by atoms with E-state index in [0.29, 0.717) is 5.56 Å². The van der Waals surface area contributed by atoms with Gasteiger partial charge in [-0.05, 0) is 36.9 Å². The number of nitrogens with zero attached hydrogens (tertiary/aromatic N) is 1. The Hall–Kier alpha value is -2.43. The highest BCUT2D eigenvalue weighted by Gasteiger charge is 2.29. The fourth-order valence-electron chi connectivity index (χ4n) is 2.77. The maximum Gasteiger partial charge on any atom is 0.315 e. The van der Waals surface area contributed by atoms with Gasteiger partial charge in [0, 0.05) is 18.2 Å². The summed E-state index contributed by atoms with van der Waals surface area (Å²) in [5.41, 5.74) is 0.717. The lowest BCUT2D eigenvalue weighted by molar-refractivity contribution is -0.148. The van der Waals surface area contributed by atoms with E-state index in [0.717, 1.165) is 11.1 Å². The van der Waals surface area contributed by atoms with E-state index in [1.807, 2.05) is 0 Å². The number of pyridine rings is 1. The summed E-state index contributed by atoms with van der Waals surface area (Å²) >= 11 is 0. The number of aromatic nitrogens is 1. The number of carbonyl (C=O) groups is 1. The van der Waals surface area contributed by atoms with Crippen LogP contribution in [0.25, 0.3) is 11.1 Å². The first kappa shape index (κ1) is 23.8. The van der Waals surface area contributed by atoms with Gasteiger partial charge in [-0.3, -0.25) is 14.3 Å². The maximum absolute atomic E-state index is 13.0. The zero-order chi connectivity index (χ0) is 22.5. The van der Waals surface area contributed by atoms with Crippen LogP contribution in [0.1, 0.15) is 31.9 Å². The summed E-state index contributed by atoms with van der Waals surface area (Å²) in [6.07, 6.45) is -2.44. The molecular formula is C20H24F3N3O3S. The zero-order valence-corrected chi connectivity index (χ0v) is 17.4. The molecule has 0 aliphatic heterocycles. The van der Waals surface area contributed by atoms with Crippen LogP contribution < -0.4 is 10.5 Å². The molecule has 2 aromatic rings. The van der Waals surface area contributed by atoms with Gasteiger partial charge in [0.1, 0.15) is 10.8 Å². The summed E-state index contributed by atoms with van der Waals surface area (Å²) in [6.45, 7) is 2.14. The molecule has 1 aromatic heterocycles. The molecule has 0 fully saturated rings. The summed E-state index contributed by atoms with van der Waals surface area (Å²) in [5.74, 6) is 1.91. The van der Waals surface area contributed by atoms with Crippen LogP contribution in [0.15, 0.2) is 47.6 Å². The van der Waals surface area contributed by atoms with Crippen molar-refractivity contribution in [3.8, 4) is 11.1 Å². The van der Waals surface area contributed by atoms with Crippen molar-refractivity contribution in [2.45, 2.75) is 43.5 Å². The normalized spacial score (nSPS) is 14.9. The standard InChI is InChI=1S/C20H24F3N3O3S/c1-20(2,26-19(27)18(22)23)29-16(10-11-21)14-6-4-13(5-7-14)15-8-9-17(25-12-15)30(3,24)28/h4-9,12,16,18H,3,10-11H2,1-2H3,(H2,24,28)(H,26,27). The molecule has 2 unspecified atom stereocenters. The quantitative estimate of drug-likeness (QED) is 0.460. The van der Waals surface area contributed by atoms with Gasteiger partial charge in [0.25, 0.3) is 5.91 Å². The summed E-state index contributed by atoms with van der Waals surface area (Å²) in [7, 11) is -2.90. The van der Waals surface area contributed by atoms with E-state index in [-0.39, 0.29) is 11.4 Å². The maximum atomic E-state index is 13.0. The van der Waals surface area contributed by atoms with Crippen molar-refractivity contribution >= 4 is 21.5 Å². The second-order valence-electron chi connectivity index (χ2n) is 7.12. The Balaban J connectivity index is 2.19. The van der Waals surface area contributed by atoms with Gasteiger partial charge >= 0.3 is 6.43 Å². The minimum absolute atomic E-state index is 0.0159. The van der Waals surface area contributed by atoms with Gasteiger partial charge < -0.3 is 10.1 Å². The average Bonchev–Trinajstić information content (AvgIpc) is 2.66. The number of rotatable bonds is 9. The van der Waals surface area contributed by atoms with Crippen LogP contribution in [0, 0.1) is 0 Å². The Morgan fingerprint density at radius 3 is 2.30 bits per heavy atom. The van der Waals surface area contributed by atoms with Gasteiger partial charge in [-0.25, -0.2) is 9.19 Å². The Kier molecular flexibility index (Phi) is 7.62. The van der Waals surface area contributed by atoms with E-state index in [1.54, 1.807) is 30.3 Å². The van der Waals surface area contributed by atoms with E-state index < -0.39 is 40.5 Å². The van der Waals surface area contributed by atoms with Gasteiger partial charge in [-0.1, -0.05) is 30.3 Å². The molecule has 0 saturated heterocycles. The van der Waals surface area contributed by atoms with E-state index >= 15 is 0 Å². The summed E-state index contributed by atoms with van der Waals surface area (Å²) in [6, 6.07) is 10.2. The Bertz CT molecular complexity index is 963. The Labute approximate surface area is 173 Å². The predicted molar refractivity (Wildman–Crippen MR) is 110 cm³/mol. The third-order valence-electron chi connectivity index (χ3n) is 4.14. The number of benzene rings is 1. The summed E-state index contributed by atoms with van der Waals surface area (Å²) in [5, 5.41) is 7.74. The molecule has 0 aliphatic carbocycles. The number of nitrogens with two attached hydrogens (primary N) is 1. The van der Waals surface area contributed by atoms with Crippen molar-refractivity contribution in [1.29, 1.82) is 0 Å². The lowest BCUT2D eigenvalue weighted by Crippen LogP contribution is -2.48. The molecular weight excluding hydrogens is 419 g/mol. The molecule has 0 aliphatic rings. The van der Waals surface area contributed by atoms with Gasteiger partial charge in [-0.2, -0.15) is 8.78 Å². The highest BCUT2D eigenvalue weighted by molar-refractivity contribution is 7.98. The molecule has 10 heteroatoms. The van der Waals surface area contributed by atoms with E-state index in [1.165, 1.54) is 26.1 Å². The molecule has 1 amide bonds. The van der Waals surface area contributed by atoms with E-state index in [9.17, 15) is 22.2 Å². The highest BCUT2D eigenvalue weighted by Crippen LogP contribution is 2.29. The molecule has 164 valence electrons. The van der Waals surface area contributed by atoms with Crippen LogP contribution in [0.4, 0.5) is 13.2 Å². The second kappa shape index (κ2) is 9.59. The lowest BCUT2D eigenvalue weighted by Gasteiger charge is -2.31. The first-order chi connectivity index (χ1) is 13.9. The van der Waals surface area contributed by atoms with Crippen LogP contribution in [0.5, 0.6) is 0 Å². The number of amides is 1. The molecule has 0 saturated carbocycles. The van der Waals surface area contributed by atoms with Crippen LogP contribution in [0.2, 0.25) is 0 Å². The van der Waals surface area contributed by atoms with Crippen LogP contribution in [0.3, 0.4) is 0 Å². The monoisotopic (exact) mass is 443 g/mol. The molecule has 2 atom stereocenters. The minimum atomic E-state index is -3.18. The van der Waals surface area contributed by atoms with Crippen LogP contribution >= 0.6 is 0 Å². The number of nitrogens with one attached hydrogen (secondary N) is 1. The van der Waals surface area contributed by atoms with Crippen molar-refractivity contribution in [3.63, 3.8) is 0 Å². The van der Waals surface area contributed by atoms with Crippen molar-refractivity contribution in [2.75, 3.05) is 6.67 Å². The molecule has 0 radical (unpaired) electrons. The molecule has 1 heterocycles. The molecule has 0 spiro atoms. The number of ether oxygens (including phenoxy) is 1. The molecule has 6 nitrogen and oxygen atoms in total. The van der Waals surface area contributed by atoms with Gasteiger partial charge in [0.2, 0.25) is 0 Å². The molecule has 3 N–H and O–H groups in total. The molecule has 1 aromatic carbocycles. The van der Waals surface area contributed by atoms with Gasteiger partial charge in [0.15, 0.2) is 0 Å². The topological polar surface area (TPSA) is 94.3 Å². The van der Waals surface area contributed by atoms with Crippen molar-refractivity contribution in [1.82, 2.24) is 10.3 Å².